The lowest BCUT2D eigenvalue weighted by Crippen LogP contribution is -2.67. The van der Waals surface area contributed by atoms with Crippen LogP contribution in [0.1, 0.15) is 106 Å². The fourth-order valence-corrected chi connectivity index (χ4v) is 10.6. The second kappa shape index (κ2) is 8.65. The maximum atomic E-state index is 13.2. The zero-order chi connectivity index (χ0) is 27.9. The molecule has 0 radical (unpaired) electrons. The van der Waals surface area contributed by atoms with Crippen LogP contribution in [0.4, 0.5) is 0 Å². The largest absolute Gasteiger partial charge is 0.480 e. The highest BCUT2D eigenvalue weighted by Gasteiger charge is 2.71. The van der Waals surface area contributed by atoms with Gasteiger partial charge < -0.3 is 14.9 Å². The molecule has 2 unspecified atom stereocenters. The molecule has 5 aliphatic rings. The maximum Gasteiger partial charge on any atom is 0.317 e. The average Bonchev–Trinajstić information content (AvgIpc) is 2.85. The second-order valence-electron chi connectivity index (χ2n) is 15.2. The SMILES string of the molecule is CC(=O)OC[C@]12CCC(=O)C(C)(C(=O)O)C1CC[C@]1(C)[C@@H]2CC=C2[C@H]3CC(C)(C)CC[C@]3(CO)CC[C@]21C. The maximum absolute atomic E-state index is 13.2. The van der Waals surface area contributed by atoms with Crippen LogP contribution >= 0.6 is 0 Å². The Morgan fingerprint density at radius 3 is 2.32 bits per heavy atom. The van der Waals surface area contributed by atoms with Gasteiger partial charge in [-0.05, 0) is 98.7 Å². The highest BCUT2D eigenvalue weighted by molar-refractivity contribution is 6.03. The molecule has 0 bridgehead atoms. The molecule has 0 aliphatic heterocycles. The first-order chi connectivity index (χ1) is 17.6. The van der Waals surface area contributed by atoms with E-state index >= 15 is 0 Å². The van der Waals surface area contributed by atoms with E-state index in [4.69, 9.17) is 4.74 Å². The van der Waals surface area contributed by atoms with Gasteiger partial charge in [-0.15, -0.1) is 0 Å². The number of allylic oxidation sites excluding steroid dienone is 2. The van der Waals surface area contributed by atoms with E-state index in [1.807, 2.05) is 0 Å². The van der Waals surface area contributed by atoms with Crippen LogP contribution in [0.5, 0.6) is 0 Å². The minimum Gasteiger partial charge on any atom is -0.480 e. The lowest BCUT2D eigenvalue weighted by Gasteiger charge is -2.70. The molecule has 4 saturated carbocycles. The van der Waals surface area contributed by atoms with Crippen LogP contribution < -0.4 is 0 Å². The molecule has 2 N–H and O–H groups in total. The third-order valence-electron chi connectivity index (χ3n) is 13.3. The Balaban J connectivity index is 1.64. The van der Waals surface area contributed by atoms with Gasteiger partial charge in [-0.2, -0.15) is 0 Å². The van der Waals surface area contributed by atoms with Gasteiger partial charge in [-0.1, -0.05) is 39.3 Å². The molecule has 6 nitrogen and oxygen atoms in total. The van der Waals surface area contributed by atoms with Crippen molar-refractivity contribution >= 4 is 17.7 Å². The number of carboxylic acids is 1. The Hall–Kier alpha value is -1.69. The zero-order valence-corrected chi connectivity index (χ0v) is 24.3. The average molecular weight is 529 g/mol. The van der Waals surface area contributed by atoms with Gasteiger partial charge in [0.05, 0.1) is 6.61 Å². The minimum absolute atomic E-state index is 0.0458. The summed E-state index contributed by atoms with van der Waals surface area (Å²) >= 11 is 0. The number of carbonyl (C=O) groups excluding carboxylic acids is 2. The van der Waals surface area contributed by atoms with Crippen LogP contribution in [0.2, 0.25) is 0 Å². The number of carbonyl (C=O) groups is 3. The topological polar surface area (TPSA) is 101 Å². The number of fused-ring (bicyclic) bond motifs is 7. The molecular formula is C32H48O6. The van der Waals surface area contributed by atoms with Crippen LogP contribution in [0, 0.1) is 50.2 Å². The number of aliphatic carboxylic acids is 1. The Labute approximate surface area is 228 Å². The number of aliphatic hydroxyl groups is 1. The van der Waals surface area contributed by atoms with E-state index in [1.165, 1.54) is 12.5 Å². The monoisotopic (exact) mass is 528 g/mol. The summed E-state index contributed by atoms with van der Waals surface area (Å²) < 4.78 is 5.76. The number of rotatable bonds is 4. The Morgan fingerprint density at radius 1 is 1.00 bits per heavy atom. The zero-order valence-electron chi connectivity index (χ0n) is 24.3. The quantitative estimate of drug-likeness (QED) is 0.265. The van der Waals surface area contributed by atoms with Crippen LogP contribution in [0.25, 0.3) is 0 Å². The lowest BCUT2D eigenvalue weighted by molar-refractivity contribution is -0.214. The summed E-state index contributed by atoms with van der Waals surface area (Å²) in [5, 5.41) is 21.1. The molecule has 38 heavy (non-hydrogen) atoms. The summed E-state index contributed by atoms with van der Waals surface area (Å²) in [6.07, 6.45) is 10.9. The van der Waals surface area contributed by atoms with Crippen LogP contribution in [0.15, 0.2) is 11.6 Å². The molecule has 212 valence electrons. The number of ether oxygens (including phenoxy) is 1. The second-order valence-corrected chi connectivity index (χ2v) is 15.2. The number of hydrogen-bond acceptors (Lipinski definition) is 5. The summed E-state index contributed by atoms with van der Waals surface area (Å²) in [6.45, 7) is 13.0. The van der Waals surface area contributed by atoms with Crippen molar-refractivity contribution in [3.63, 3.8) is 0 Å². The smallest absolute Gasteiger partial charge is 0.317 e. The van der Waals surface area contributed by atoms with Crippen LogP contribution in [-0.2, 0) is 19.1 Å². The van der Waals surface area contributed by atoms with Gasteiger partial charge in [0.15, 0.2) is 0 Å². The highest BCUT2D eigenvalue weighted by atomic mass is 16.5. The van der Waals surface area contributed by atoms with Gasteiger partial charge in [0.2, 0.25) is 0 Å². The third kappa shape index (κ3) is 3.50. The van der Waals surface area contributed by atoms with Gasteiger partial charge in [0, 0.05) is 30.8 Å². The fourth-order valence-electron chi connectivity index (χ4n) is 10.6. The van der Waals surface area contributed by atoms with E-state index < -0.39 is 16.8 Å². The molecule has 0 heterocycles. The van der Waals surface area contributed by atoms with Gasteiger partial charge in [-0.25, -0.2) is 0 Å². The third-order valence-corrected chi connectivity index (χ3v) is 13.3. The number of ketones is 1. The molecule has 5 rings (SSSR count). The summed E-state index contributed by atoms with van der Waals surface area (Å²) in [5.41, 5.74) is -0.507. The highest BCUT2D eigenvalue weighted by Crippen LogP contribution is 2.75. The van der Waals surface area contributed by atoms with Crippen molar-refractivity contribution in [2.75, 3.05) is 13.2 Å². The van der Waals surface area contributed by atoms with E-state index in [0.717, 1.165) is 44.9 Å². The van der Waals surface area contributed by atoms with Crippen LogP contribution in [-0.4, -0.2) is 41.1 Å². The first-order valence-corrected chi connectivity index (χ1v) is 14.8. The first-order valence-electron chi connectivity index (χ1n) is 14.8. The molecule has 0 saturated heterocycles. The number of hydrogen-bond donors (Lipinski definition) is 2. The first kappa shape index (κ1) is 27.9. The van der Waals surface area contributed by atoms with Crippen molar-refractivity contribution in [3.8, 4) is 0 Å². The van der Waals surface area contributed by atoms with Crippen molar-refractivity contribution in [2.24, 2.45) is 50.2 Å². The number of carboxylic acid groups (broad SMARTS) is 1. The molecule has 0 spiro atoms. The standard InChI is InChI=1S/C32H48O6/c1-20(34)38-19-32-12-10-25(35)30(6,26(36)37)24(32)9-11-29(5)23(32)8-7-21-22-17-27(2,3)13-15-31(22,18-33)16-14-28(21,29)4/h7,22-24,33H,8-19H2,1-6H3,(H,36,37)/t22-,23+,24?,28-,29-,30?,31-,32+/m1/s1. The van der Waals surface area contributed by atoms with E-state index in [0.29, 0.717) is 18.8 Å². The minimum atomic E-state index is -1.46. The van der Waals surface area contributed by atoms with E-state index in [2.05, 4.69) is 33.8 Å². The molecular weight excluding hydrogens is 480 g/mol. The Bertz CT molecular complexity index is 1080. The van der Waals surface area contributed by atoms with Gasteiger partial charge in [-0.3, -0.25) is 14.4 Å². The van der Waals surface area contributed by atoms with E-state index in [1.54, 1.807) is 6.92 Å². The summed E-state index contributed by atoms with van der Waals surface area (Å²) in [6, 6.07) is 0. The molecule has 8 atom stereocenters. The predicted molar refractivity (Wildman–Crippen MR) is 144 cm³/mol. The van der Waals surface area contributed by atoms with Crippen LogP contribution in [0.3, 0.4) is 0 Å². The van der Waals surface area contributed by atoms with Crippen molar-refractivity contribution in [3.05, 3.63) is 11.6 Å². The number of esters is 1. The summed E-state index contributed by atoms with van der Waals surface area (Å²) in [4.78, 5) is 38.0. The Kier molecular flexibility index (Phi) is 6.34. The van der Waals surface area contributed by atoms with E-state index in [9.17, 15) is 24.6 Å². The molecule has 4 fully saturated rings. The van der Waals surface area contributed by atoms with Gasteiger partial charge in [0.1, 0.15) is 11.2 Å². The molecule has 6 heteroatoms. The summed E-state index contributed by atoms with van der Waals surface area (Å²) in [7, 11) is 0. The molecule has 5 aliphatic carbocycles. The number of aliphatic hydroxyl groups excluding tert-OH is 1. The Morgan fingerprint density at radius 2 is 1.68 bits per heavy atom. The lowest BCUT2D eigenvalue weighted by atomic mass is 9.33. The van der Waals surface area contributed by atoms with Gasteiger partial charge >= 0.3 is 11.9 Å². The molecule has 0 aromatic carbocycles. The van der Waals surface area contributed by atoms with Crippen molar-refractivity contribution in [1.29, 1.82) is 0 Å². The van der Waals surface area contributed by atoms with E-state index in [-0.39, 0.29) is 64.9 Å². The van der Waals surface area contributed by atoms with Gasteiger partial charge in [0.25, 0.3) is 0 Å². The molecule has 0 aromatic heterocycles. The van der Waals surface area contributed by atoms with Crippen molar-refractivity contribution < 1.29 is 29.3 Å². The van der Waals surface area contributed by atoms with Crippen molar-refractivity contribution in [1.82, 2.24) is 0 Å². The molecule has 0 amide bonds. The fraction of sp³-hybridized carbons (Fsp3) is 0.844. The predicted octanol–water partition coefficient (Wildman–Crippen LogP) is 5.96. The number of Topliss-reactive ketones (excluding diaryl/α,β-unsaturated/α-hetero) is 1. The summed E-state index contributed by atoms with van der Waals surface area (Å²) in [5.74, 6) is -1.48. The normalized spacial score (nSPS) is 47.5. The molecule has 0 aromatic rings. The van der Waals surface area contributed by atoms with Crippen molar-refractivity contribution in [2.45, 2.75) is 106 Å².